The molecule has 0 saturated carbocycles. The van der Waals surface area contributed by atoms with Crippen LogP contribution < -0.4 is 5.32 Å². The lowest BCUT2D eigenvalue weighted by Gasteiger charge is -2.22. The first-order valence-electron chi connectivity index (χ1n) is 6.37. The van der Waals surface area contributed by atoms with Crippen LogP contribution >= 0.6 is 0 Å². The molecule has 1 unspecified atom stereocenters. The summed E-state index contributed by atoms with van der Waals surface area (Å²) in [5.74, 6) is 1.22. The lowest BCUT2D eigenvalue weighted by atomic mass is 10.1. The first kappa shape index (κ1) is 12.3. The molecule has 1 saturated heterocycles. The van der Waals surface area contributed by atoms with Gasteiger partial charge < -0.3 is 14.6 Å². The molecule has 6 nitrogen and oxygen atoms in total. The summed E-state index contributed by atoms with van der Waals surface area (Å²) < 4.78 is 10.7. The van der Waals surface area contributed by atoms with E-state index in [1.165, 1.54) is 0 Å². The van der Waals surface area contributed by atoms with Gasteiger partial charge in [0.05, 0.1) is 13.2 Å². The van der Waals surface area contributed by atoms with E-state index in [4.69, 9.17) is 9.26 Å². The topological polar surface area (TPSA) is 73.1 Å². The molecule has 100 valence electrons. The molecule has 1 aliphatic rings. The Hall–Kier alpha value is -1.79. The number of pyridine rings is 1. The third-order valence-corrected chi connectivity index (χ3v) is 3.17. The van der Waals surface area contributed by atoms with Gasteiger partial charge in [-0.05, 0) is 18.6 Å². The SMILES string of the molecule is Cc1ccncc1-c1noc(CC2COCCN2)n1. The van der Waals surface area contributed by atoms with Crippen LogP contribution in [0.1, 0.15) is 11.5 Å². The highest BCUT2D eigenvalue weighted by atomic mass is 16.5. The van der Waals surface area contributed by atoms with E-state index in [0.29, 0.717) is 24.7 Å². The molecule has 0 amide bonds. The molecular formula is C13H16N4O2. The van der Waals surface area contributed by atoms with Crippen molar-refractivity contribution in [1.82, 2.24) is 20.4 Å². The number of hydrogen-bond acceptors (Lipinski definition) is 6. The fraction of sp³-hybridized carbons (Fsp3) is 0.462. The van der Waals surface area contributed by atoms with Crippen molar-refractivity contribution in [1.29, 1.82) is 0 Å². The molecule has 1 fully saturated rings. The van der Waals surface area contributed by atoms with Gasteiger partial charge in [0.15, 0.2) is 0 Å². The Morgan fingerprint density at radius 1 is 1.47 bits per heavy atom. The summed E-state index contributed by atoms with van der Waals surface area (Å²) in [6, 6.07) is 2.18. The molecule has 0 aliphatic carbocycles. The van der Waals surface area contributed by atoms with Crippen molar-refractivity contribution in [3.05, 3.63) is 29.9 Å². The Balaban J connectivity index is 1.74. The quantitative estimate of drug-likeness (QED) is 0.886. The van der Waals surface area contributed by atoms with E-state index in [1.54, 1.807) is 12.4 Å². The maximum Gasteiger partial charge on any atom is 0.228 e. The summed E-state index contributed by atoms with van der Waals surface area (Å²) in [4.78, 5) is 8.51. The van der Waals surface area contributed by atoms with Gasteiger partial charge in [0.25, 0.3) is 0 Å². The molecule has 1 N–H and O–H groups in total. The van der Waals surface area contributed by atoms with Crippen LogP contribution in [-0.2, 0) is 11.2 Å². The summed E-state index contributed by atoms with van der Waals surface area (Å²) in [5, 5.41) is 7.38. The normalized spacial score (nSPS) is 19.5. The van der Waals surface area contributed by atoms with Gasteiger partial charge in [-0.2, -0.15) is 4.98 Å². The third-order valence-electron chi connectivity index (χ3n) is 3.17. The summed E-state index contributed by atoms with van der Waals surface area (Å²) in [7, 11) is 0. The van der Waals surface area contributed by atoms with Crippen LogP contribution in [0.5, 0.6) is 0 Å². The second-order valence-electron chi connectivity index (χ2n) is 4.63. The predicted octanol–water partition coefficient (Wildman–Crippen LogP) is 0.971. The first-order valence-corrected chi connectivity index (χ1v) is 6.37. The number of ether oxygens (including phenoxy) is 1. The molecule has 2 aromatic rings. The Bertz CT molecular complexity index is 549. The molecule has 1 atom stereocenters. The zero-order valence-corrected chi connectivity index (χ0v) is 10.8. The van der Waals surface area contributed by atoms with Crippen molar-refractivity contribution in [2.75, 3.05) is 19.8 Å². The molecule has 19 heavy (non-hydrogen) atoms. The van der Waals surface area contributed by atoms with Crippen LogP contribution in [0.25, 0.3) is 11.4 Å². The molecule has 6 heteroatoms. The Labute approximate surface area is 111 Å². The molecule has 0 spiro atoms. The molecule has 3 heterocycles. The monoisotopic (exact) mass is 260 g/mol. The van der Waals surface area contributed by atoms with E-state index in [2.05, 4.69) is 20.4 Å². The molecule has 2 aromatic heterocycles. The van der Waals surface area contributed by atoms with Crippen LogP contribution in [0.3, 0.4) is 0 Å². The third kappa shape index (κ3) is 2.80. The fourth-order valence-electron chi connectivity index (χ4n) is 2.11. The predicted molar refractivity (Wildman–Crippen MR) is 68.6 cm³/mol. The number of aryl methyl sites for hydroxylation is 1. The van der Waals surface area contributed by atoms with Crippen molar-refractivity contribution >= 4 is 0 Å². The van der Waals surface area contributed by atoms with E-state index in [1.807, 2.05) is 13.0 Å². The summed E-state index contributed by atoms with van der Waals surface area (Å²) in [5.41, 5.74) is 1.99. The molecule has 0 bridgehead atoms. The van der Waals surface area contributed by atoms with Gasteiger partial charge in [-0.3, -0.25) is 4.98 Å². The van der Waals surface area contributed by atoms with Crippen LogP contribution in [0.4, 0.5) is 0 Å². The number of aromatic nitrogens is 3. The summed E-state index contributed by atoms with van der Waals surface area (Å²) in [6.07, 6.45) is 4.20. The van der Waals surface area contributed by atoms with Crippen molar-refractivity contribution in [3.63, 3.8) is 0 Å². The first-order chi connectivity index (χ1) is 9.33. The van der Waals surface area contributed by atoms with E-state index < -0.39 is 0 Å². The zero-order valence-electron chi connectivity index (χ0n) is 10.8. The zero-order chi connectivity index (χ0) is 13.1. The lowest BCUT2D eigenvalue weighted by Crippen LogP contribution is -2.42. The smallest absolute Gasteiger partial charge is 0.228 e. The Kier molecular flexibility index (Phi) is 3.52. The van der Waals surface area contributed by atoms with E-state index in [0.717, 1.165) is 24.3 Å². The molecular weight excluding hydrogens is 244 g/mol. The van der Waals surface area contributed by atoms with Gasteiger partial charge >= 0.3 is 0 Å². The Morgan fingerprint density at radius 2 is 2.42 bits per heavy atom. The minimum absolute atomic E-state index is 0.247. The molecule has 0 aromatic carbocycles. The number of nitrogens with one attached hydrogen (secondary N) is 1. The van der Waals surface area contributed by atoms with Crippen LogP contribution in [0.2, 0.25) is 0 Å². The van der Waals surface area contributed by atoms with Gasteiger partial charge in [-0.1, -0.05) is 5.16 Å². The van der Waals surface area contributed by atoms with Crippen molar-refractivity contribution in [2.24, 2.45) is 0 Å². The second kappa shape index (κ2) is 5.46. The van der Waals surface area contributed by atoms with Gasteiger partial charge in [0.1, 0.15) is 0 Å². The van der Waals surface area contributed by atoms with E-state index >= 15 is 0 Å². The average Bonchev–Trinajstić information content (AvgIpc) is 2.89. The number of morpholine rings is 1. The second-order valence-corrected chi connectivity index (χ2v) is 4.63. The van der Waals surface area contributed by atoms with Crippen molar-refractivity contribution < 1.29 is 9.26 Å². The van der Waals surface area contributed by atoms with Crippen molar-refractivity contribution in [3.8, 4) is 11.4 Å². The maximum atomic E-state index is 5.40. The highest BCUT2D eigenvalue weighted by molar-refractivity contribution is 5.57. The summed E-state index contributed by atoms with van der Waals surface area (Å²) in [6.45, 7) is 4.32. The van der Waals surface area contributed by atoms with Gasteiger partial charge in [0, 0.05) is 37.0 Å². The summed E-state index contributed by atoms with van der Waals surface area (Å²) >= 11 is 0. The minimum Gasteiger partial charge on any atom is -0.378 e. The lowest BCUT2D eigenvalue weighted by molar-refractivity contribution is 0.0744. The highest BCUT2D eigenvalue weighted by Crippen LogP contribution is 2.19. The number of nitrogens with zero attached hydrogens (tertiary/aromatic N) is 3. The van der Waals surface area contributed by atoms with Gasteiger partial charge in [0.2, 0.25) is 11.7 Å². The standard InChI is InChI=1S/C13H16N4O2/c1-9-2-3-14-7-11(9)13-16-12(19-17-13)6-10-8-18-5-4-15-10/h2-3,7,10,15H,4-6,8H2,1H3. The van der Waals surface area contributed by atoms with Crippen LogP contribution in [0.15, 0.2) is 23.0 Å². The maximum absolute atomic E-state index is 5.40. The highest BCUT2D eigenvalue weighted by Gasteiger charge is 2.18. The minimum atomic E-state index is 0.247. The van der Waals surface area contributed by atoms with E-state index in [-0.39, 0.29) is 6.04 Å². The Morgan fingerprint density at radius 3 is 3.21 bits per heavy atom. The molecule has 3 rings (SSSR count). The van der Waals surface area contributed by atoms with Crippen LogP contribution in [0, 0.1) is 6.92 Å². The molecule has 1 aliphatic heterocycles. The molecule has 0 radical (unpaired) electrons. The van der Waals surface area contributed by atoms with Crippen LogP contribution in [-0.4, -0.2) is 40.9 Å². The fourth-order valence-corrected chi connectivity index (χ4v) is 2.11. The average molecular weight is 260 g/mol. The number of hydrogen-bond donors (Lipinski definition) is 1. The largest absolute Gasteiger partial charge is 0.378 e. The number of rotatable bonds is 3. The van der Waals surface area contributed by atoms with E-state index in [9.17, 15) is 0 Å². The van der Waals surface area contributed by atoms with Gasteiger partial charge in [-0.15, -0.1) is 0 Å². The van der Waals surface area contributed by atoms with Gasteiger partial charge in [-0.25, -0.2) is 0 Å². The van der Waals surface area contributed by atoms with Crippen molar-refractivity contribution in [2.45, 2.75) is 19.4 Å².